The van der Waals surface area contributed by atoms with Gasteiger partial charge in [-0.15, -0.1) is 0 Å². The Morgan fingerprint density at radius 2 is 2.00 bits per heavy atom. The molecular weight excluding hydrogens is 258 g/mol. The molecule has 3 heteroatoms. The summed E-state index contributed by atoms with van der Waals surface area (Å²) in [5.41, 5.74) is 1.49. The van der Waals surface area contributed by atoms with Crippen LogP contribution < -0.4 is 10.1 Å². The van der Waals surface area contributed by atoms with Gasteiger partial charge in [0.15, 0.2) is 0 Å². The van der Waals surface area contributed by atoms with Gasteiger partial charge in [-0.3, -0.25) is 0 Å². The van der Waals surface area contributed by atoms with Crippen molar-refractivity contribution in [3.63, 3.8) is 0 Å². The smallest absolute Gasteiger partial charge is 0.119 e. The molecule has 0 bridgehead atoms. The van der Waals surface area contributed by atoms with Crippen molar-refractivity contribution >= 4 is 11.6 Å². The fourth-order valence-corrected chi connectivity index (χ4v) is 2.57. The van der Waals surface area contributed by atoms with Crippen molar-refractivity contribution in [2.75, 3.05) is 13.7 Å². The number of allylic oxidation sites excluding steroid dienone is 1. The molecule has 1 aromatic carbocycles. The van der Waals surface area contributed by atoms with Gasteiger partial charge in [0.1, 0.15) is 12.4 Å². The summed E-state index contributed by atoms with van der Waals surface area (Å²) in [6.45, 7) is 0.671. The number of ether oxygens (including phenoxy) is 1. The number of benzene rings is 1. The SMILES string of the molecule is CNC(COc1ccc(Cl)cc1)C1=CCCCCC1. The zero-order valence-electron chi connectivity index (χ0n) is 11.5. The van der Waals surface area contributed by atoms with Gasteiger partial charge in [-0.2, -0.15) is 0 Å². The second kappa shape index (κ2) is 7.56. The average Bonchev–Trinajstić information content (AvgIpc) is 2.71. The largest absolute Gasteiger partial charge is 0.492 e. The maximum atomic E-state index is 5.86. The van der Waals surface area contributed by atoms with Crippen molar-refractivity contribution < 1.29 is 4.74 Å². The molecule has 1 aromatic rings. The monoisotopic (exact) mass is 279 g/mol. The molecule has 1 aliphatic rings. The highest BCUT2D eigenvalue weighted by molar-refractivity contribution is 6.30. The second-order valence-electron chi connectivity index (χ2n) is 4.98. The van der Waals surface area contributed by atoms with E-state index in [-0.39, 0.29) is 0 Å². The summed E-state index contributed by atoms with van der Waals surface area (Å²) in [6, 6.07) is 7.85. The molecule has 19 heavy (non-hydrogen) atoms. The Balaban J connectivity index is 1.91. The van der Waals surface area contributed by atoms with Crippen LogP contribution in [0.4, 0.5) is 0 Å². The zero-order chi connectivity index (χ0) is 13.5. The van der Waals surface area contributed by atoms with Gasteiger partial charge in [0.2, 0.25) is 0 Å². The van der Waals surface area contributed by atoms with Gasteiger partial charge in [0, 0.05) is 5.02 Å². The standard InChI is InChI=1S/C16H22ClNO/c1-18-16(13-6-4-2-3-5-7-13)12-19-15-10-8-14(17)9-11-15/h6,8-11,16,18H,2-5,7,12H2,1H3. The van der Waals surface area contributed by atoms with Gasteiger partial charge in [0.25, 0.3) is 0 Å². The molecule has 104 valence electrons. The summed E-state index contributed by atoms with van der Waals surface area (Å²) >= 11 is 5.86. The minimum atomic E-state index is 0.314. The molecule has 0 aliphatic heterocycles. The molecule has 1 aliphatic carbocycles. The van der Waals surface area contributed by atoms with Crippen LogP contribution >= 0.6 is 11.6 Å². The van der Waals surface area contributed by atoms with Crippen molar-refractivity contribution in [1.29, 1.82) is 0 Å². The first-order valence-corrected chi connectivity index (χ1v) is 7.42. The van der Waals surface area contributed by atoms with Crippen LogP contribution in [-0.2, 0) is 0 Å². The van der Waals surface area contributed by atoms with Crippen LogP contribution in [0, 0.1) is 0 Å². The van der Waals surface area contributed by atoms with Gasteiger partial charge >= 0.3 is 0 Å². The van der Waals surface area contributed by atoms with Crippen LogP contribution in [0.2, 0.25) is 5.02 Å². The molecule has 0 heterocycles. The third-order valence-corrected chi connectivity index (χ3v) is 3.85. The Morgan fingerprint density at radius 1 is 1.21 bits per heavy atom. The summed E-state index contributed by atoms with van der Waals surface area (Å²) < 4.78 is 5.85. The Hall–Kier alpha value is -0.990. The summed E-state index contributed by atoms with van der Waals surface area (Å²) in [4.78, 5) is 0. The first kappa shape index (κ1) is 14.4. The molecule has 0 radical (unpaired) electrons. The third kappa shape index (κ3) is 4.55. The molecular formula is C16H22ClNO. The van der Waals surface area contributed by atoms with E-state index in [1.54, 1.807) is 0 Å². The number of hydrogen-bond donors (Lipinski definition) is 1. The predicted octanol–water partition coefficient (Wildman–Crippen LogP) is 4.20. The van der Waals surface area contributed by atoms with Gasteiger partial charge in [-0.05, 0) is 57.0 Å². The fraction of sp³-hybridized carbons (Fsp3) is 0.500. The maximum absolute atomic E-state index is 5.86. The average molecular weight is 280 g/mol. The molecule has 0 saturated carbocycles. The van der Waals surface area contributed by atoms with E-state index in [9.17, 15) is 0 Å². The lowest BCUT2D eigenvalue weighted by Crippen LogP contribution is -2.33. The van der Waals surface area contributed by atoms with Crippen LogP contribution in [-0.4, -0.2) is 19.7 Å². The van der Waals surface area contributed by atoms with Crippen LogP contribution in [0.15, 0.2) is 35.9 Å². The highest BCUT2D eigenvalue weighted by Crippen LogP contribution is 2.21. The van der Waals surface area contributed by atoms with Crippen LogP contribution in [0.5, 0.6) is 5.75 Å². The summed E-state index contributed by atoms with van der Waals surface area (Å²) in [7, 11) is 2.00. The van der Waals surface area contributed by atoms with Crippen LogP contribution in [0.25, 0.3) is 0 Å². The lowest BCUT2D eigenvalue weighted by Gasteiger charge is -2.20. The third-order valence-electron chi connectivity index (χ3n) is 3.60. The Kier molecular flexibility index (Phi) is 5.74. The molecule has 2 nitrogen and oxygen atoms in total. The lowest BCUT2D eigenvalue weighted by atomic mass is 10.0. The van der Waals surface area contributed by atoms with Crippen molar-refractivity contribution in [1.82, 2.24) is 5.32 Å². The van der Waals surface area contributed by atoms with E-state index in [2.05, 4.69) is 11.4 Å². The summed E-state index contributed by atoms with van der Waals surface area (Å²) in [5, 5.41) is 4.10. The zero-order valence-corrected chi connectivity index (χ0v) is 12.2. The van der Waals surface area contributed by atoms with Gasteiger partial charge in [-0.1, -0.05) is 29.7 Å². The first-order valence-electron chi connectivity index (χ1n) is 7.04. The van der Waals surface area contributed by atoms with Crippen molar-refractivity contribution in [3.05, 3.63) is 40.9 Å². The summed E-state index contributed by atoms with van der Waals surface area (Å²) in [6.07, 6.45) is 8.74. The van der Waals surface area contributed by atoms with E-state index in [0.29, 0.717) is 12.6 Å². The van der Waals surface area contributed by atoms with E-state index in [1.807, 2.05) is 31.3 Å². The quantitative estimate of drug-likeness (QED) is 0.816. The molecule has 0 fully saturated rings. The van der Waals surface area contributed by atoms with E-state index in [0.717, 1.165) is 10.8 Å². The minimum absolute atomic E-state index is 0.314. The molecule has 0 amide bonds. The molecule has 1 unspecified atom stereocenters. The van der Waals surface area contributed by atoms with Crippen molar-refractivity contribution in [3.8, 4) is 5.75 Å². The molecule has 1 N–H and O–H groups in total. The molecule has 1 atom stereocenters. The van der Waals surface area contributed by atoms with Crippen LogP contribution in [0.1, 0.15) is 32.1 Å². The highest BCUT2D eigenvalue weighted by atomic mass is 35.5. The lowest BCUT2D eigenvalue weighted by molar-refractivity contribution is 0.284. The van der Waals surface area contributed by atoms with E-state index in [1.165, 1.54) is 37.7 Å². The molecule has 0 saturated heterocycles. The Labute approximate surface area is 120 Å². The van der Waals surface area contributed by atoms with E-state index in [4.69, 9.17) is 16.3 Å². The Morgan fingerprint density at radius 3 is 2.74 bits per heavy atom. The predicted molar refractivity (Wildman–Crippen MR) is 81.0 cm³/mol. The van der Waals surface area contributed by atoms with Gasteiger partial charge < -0.3 is 10.1 Å². The maximum Gasteiger partial charge on any atom is 0.119 e. The fourth-order valence-electron chi connectivity index (χ4n) is 2.44. The number of nitrogens with one attached hydrogen (secondary N) is 1. The molecule has 2 rings (SSSR count). The van der Waals surface area contributed by atoms with Crippen molar-refractivity contribution in [2.24, 2.45) is 0 Å². The number of likely N-dealkylation sites (N-methyl/N-ethyl adjacent to an activating group) is 1. The Bertz CT molecular complexity index is 413. The molecule has 0 aromatic heterocycles. The second-order valence-corrected chi connectivity index (χ2v) is 5.42. The van der Waals surface area contributed by atoms with Crippen molar-refractivity contribution in [2.45, 2.75) is 38.1 Å². The van der Waals surface area contributed by atoms with E-state index < -0.39 is 0 Å². The topological polar surface area (TPSA) is 21.3 Å². The van der Waals surface area contributed by atoms with Crippen LogP contribution in [0.3, 0.4) is 0 Å². The first-order chi connectivity index (χ1) is 9.29. The van der Waals surface area contributed by atoms with Gasteiger partial charge in [0.05, 0.1) is 6.04 Å². The number of rotatable bonds is 5. The van der Waals surface area contributed by atoms with E-state index >= 15 is 0 Å². The highest BCUT2D eigenvalue weighted by Gasteiger charge is 2.14. The van der Waals surface area contributed by atoms with Gasteiger partial charge in [-0.25, -0.2) is 0 Å². The normalized spacial score (nSPS) is 17.5. The summed E-state index contributed by atoms with van der Waals surface area (Å²) in [5.74, 6) is 0.874. The molecule has 0 spiro atoms. The number of hydrogen-bond acceptors (Lipinski definition) is 2. The minimum Gasteiger partial charge on any atom is -0.492 e. The number of halogens is 1.